The normalized spacial score (nSPS) is 11.2. The van der Waals surface area contributed by atoms with E-state index in [2.05, 4.69) is 15.5 Å². The molecule has 44 heavy (non-hydrogen) atoms. The number of nitrogens with one attached hydrogen (secondary N) is 1. The molecule has 0 radical (unpaired) electrons. The van der Waals surface area contributed by atoms with Crippen molar-refractivity contribution in [2.24, 2.45) is 11.7 Å². The Hall–Kier alpha value is -4.84. The number of nitrogens with two attached hydrogens (primary N) is 1. The minimum atomic E-state index is -1.01. The van der Waals surface area contributed by atoms with Crippen LogP contribution in [0.25, 0.3) is 21.9 Å². The van der Waals surface area contributed by atoms with Gasteiger partial charge in [0.25, 0.3) is 11.8 Å². The summed E-state index contributed by atoms with van der Waals surface area (Å²) >= 11 is 1.11. The highest BCUT2D eigenvalue weighted by Gasteiger charge is 2.29. The highest BCUT2D eigenvalue weighted by molar-refractivity contribution is 7.17. The maximum Gasteiger partial charge on any atom is 0.261 e. The zero-order valence-corrected chi connectivity index (χ0v) is 24.9. The Balaban J connectivity index is 1.64. The molecule has 226 valence electrons. The summed E-state index contributed by atoms with van der Waals surface area (Å²) in [4.78, 5) is 31.9. The predicted octanol–water partition coefficient (Wildman–Crippen LogP) is 6.40. The molecule has 0 unspecified atom stereocenters. The lowest BCUT2D eigenvalue weighted by molar-refractivity contribution is 0.0953. The maximum absolute atomic E-state index is 13.7. The molecule has 12 heteroatoms. The third-order valence-electron chi connectivity index (χ3n) is 6.73. The van der Waals surface area contributed by atoms with Crippen molar-refractivity contribution in [3.63, 3.8) is 0 Å². The lowest BCUT2D eigenvalue weighted by atomic mass is 9.91. The molecular formula is C32H28F3N5O3S. The summed E-state index contributed by atoms with van der Waals surface area (Å²) in [5.41, 5.74) is 9.05. The van der Waals surface area contributed by atoms with Gasteiger partial charge in [-0.25, -0.2) is 13.2 Å². The standard InChI is InChI=1S/C32H28F3N5O3S/c1-16(2)12-23-27(30(36)41)29(25-10-11-26(44-25)31(42)37-15-19-6-9-21(34)22(35)13-19)28(32-40-39-17(3)43-32)24(38-23)14-18-4-7-20(33)8-5-18/h4-11,13,16H,12,14-15H2,1-3H3,(H2,36,41)(H,37,42). The number of hydrogen-bond acceptors (Lipinski definition) is 7. The van der Waals surface area contributed by atoms with Crippen molar-refractivity contribution in [1.29, 1.82) is 0 Å². The van der Waals surface area contributed by atoms with E-state index in [-0.39, 0.29) is 42.0 Å². The zero-order chi connectivity index (χ0) is 31.5. The first-order valence-electron chi connectivity index (χ1n) is 13.7. The highest BCUT2D eigenvalue weighted by Crippen LogP contribution is 2.42. The van der Waals surface area contributed by atoms with Crippen LogP contribution in [0.15, 0.2) is 59.0 Å². The van der Waals surface area contributed by atoms with Gasteiger partial charge >= 0.3 is 0 Å². The van der Waals surface area contributed by atoms with Gasteiger partial charge in [-0.2, -0.15) is 0 Å². The van der Waals surface area contributed by atoms with Gasteiger partial charge in [0.2, 0.25) is 11.8 Å². The third-order valence-corrected chi connectivity index (χ3v) is 7.83. The molecule has 0 bridgehead atoms. The van der Waals surface area contributed by atoms with Crippen molar-refractivity contribution in [3.8, 4) is 21.9 Å². The second-order valence-electron chi connectivity index (χ2n) is 10.6. The lowest BCUT2D eigenvalue weighted by Gasteiger charge is -2.19. The fourth-order valence-corrected chi connectivity index (χ4v) is 5.78. The van der Waals surface area contributed by atoms with Crippen LogP contribution in [-0.2, 0) is 19.4 Å². The van der Waals surface area contributed by atoms with E-state index in [0.29, 0.717) is 44.3 Å². The van der Waals surface area contributed by atoms with Gasteiger partial charge < -0.3 is 15.5 Å². The van der Waals surface area contributed by atoms with Gasteiger partial charge in [0.1, 0.15) is 5.82 Å². The van der Waals surface area contributed by atoms with Gasteiger partial charge in [0, 0.05) is 30.3 Å². The number of carbonyl (C=O) groups is 2. The molecule has 3 aromatic heterocycles. The summed E-state index contributed by atoms with van der Waals surface area (Å²) in [6.07, 6.45) is 0.679. The van der Waals surface area contributed by atoms with Crippen LogP contribution in [0.3, 0.4) is 0 Å². The van der Waals surface area contributed by atoms with Gasteiger partial charge in [-0.15, -0.1) is 21.5 Å². The third kappa shape index (κ3) is 6.70. The van der Waals surface area contributed by atoms with Crippen molar-refractivity contribution in [2.75, 3.05) is 0 Å². The first-order chi connectivity index (χ1) is 21.0. The molecule has 8 nitrogen and oxygen atoms in total. The van der Waals surface area contributed by atoms with E-state index in [0.717, 1.165) is 29.0 Å². The zero-order valence-electron chi connectivity index (χ0n) is 24.1. The molecule has 0 aliphatic heterocycles. The lowest BCUT2D eigenvalue weighted by Crippen LogP contribution is -2.21. The van der Waals surface area contributed by atoms with Crippen molar-refractivity contribution in [1.82, 2.24) is 20.5 Å². The molecular weight excluding hydrogens is 591 g/mol. The summed E-state index contributed by atoms with van der Waals surface area (Å²) in [6, 6.07) is 12.7. The molecule has 0 spiro atoms. The van der Waals surface area contributed by atoms with Crippen molar-refractivity contribution in [3.05, 3.63) is 111 Å². The molecule has 0 fully saturated rings. The topological polar surface area (TPSA) is 124 Å². The molecule has 0 aliphatic rings. The first kappa shape index (κ1) is 30.6. The summed E-state index contributed by atoms with van der Waals surface area (Å²) in [5.74, 6) is -3.03. The van der Waals surface area contributed by atoms with Crippen molar-refractivity contribution in [2.45, 2.75) is 40.2 Å². The number of thiophene rings is 1. The van der Waals surface area contributed by atoms with Gasteiger partial charge in [-0.3, -0.25) is 14.6 Å². The summed E-state index contributed by atoms with van der Waals surface area (Å²) < 4.78 is 46.5. The Labute approximate surface area is 255 Å². The number of hydrogen-bond donors (Lipinski definition) is 2. The summed E-state index contributed by atoms with van der Waals surface area (Å²) in [5, 5.41) is 10.9. The second kappa shape index (κ2) is 12.8. The van der Waals surface area contributed by atoms with Crippen LogP contribution in [0.1, 0.15) is 62.3 Å². The minimum Gasteiger partial charge on any atom is -0.421 e. The molecule has 0 atom stereocenters. The van der Waals surface area contributed by atoms with E-state index in [4.69, 9.17) is 15.1 Å². The average molecular weight is 620 g/mol. The number of halogens is 3. The van der Waals surface area contributed by atoms with Gasteiger partial charge in [-0.05, 0) is 59.9 Å². The molecule has 2 amide bonds. The van der Waals surface area contributed by atoms with E-state index < -0.39 is 23.4 Å². The van der Waals surface area contributed by atoms with Crippen LogP contribution >= 0.6 is 11.3 Å². The van der Waals surface area contributed by atoms with Crippen LogP contribution in [-0.4, -0.2) is 27.0 Å². The summed E-state index contributed by atoms with van der Waals surface area (Å²) in [7, 11) is 0. The Morgan fingerprint density at radius 1 is 0.932 bits per heavy atom. The Kier molecular flexibility index (Phi) is 8.91. The van der Waals surface area contributed by atoms with E-state index in [1.165, 1.54) is 18.2 Å². The number of aromatic nitrogens is 3. The predicted molar refractivity (Wildman–Crippen MR) is 159 cm³/mol. The molecule has 3 N–H and O–H groups in total. The monoisotopic (exact) mass is 619 g/mol. The number of rotatable bonds is 10. The number of aryl methyl sites for hydroxylation is 1. The molecule has 2 aromatic carbocycles. The molecule has 0 saturated heterocycles. The quantitative estimate of drug-likeness (QED) is 0.186. The molecule has 3 heterocycles. The molecule has 5 rings (SSSR count). The van der Waals surface area contributed by atoms with Crippen LogP contribution in [0.2, 0.25) is 0 Å². The van der Waals surface area contributed by atoms with Gasteiger partial charge in [-0.1, -0.05) is 32.0 Å². The van der Waals surface area contributed by atoms with E-state index >= 15 is 0 Å². The van der Waals surface area contributed by atoms with Crippen LogP contribution in [0.4, 0.5) is 13.2 Å². The second-order valence-corrected chi connectivity index (χ2v) is 11.7. The number of nitrogens with zero attached hydrogens (tertiary/aromatic N) is 3. The van der Waals surface area contributed by atoms with Crippen LogP contribution in [0.5, 0.6) is 0 Å². The number of amides is 2. The van der Waals surface area contributed by atoms with E-state index in [1.807, 2.05) is 13.8 Å². The molecule has 0 saturated carbocycles. The smallest absolute Gasteiger partial charge is 0.261 e. The fourth-order valence-electron chi connectivity index (χ4n) is 4.80. The Bertz CT molecular complexity index is 1850. The SMILES string of the molecule is Cc1nnc(-c2c(Cc3ccc(F)cc3)nc(CC(C)C)c(C(N)=O)c2-c2ccc(C(=O)NCc3ccc(F)c(F)c3)s2)o1. The number of carbonyl (C=O) groups excluding carboxylic acids is 2. The average Bonchev–Trinajstić information content (AvgIpc) is 3.63. The minimum absolute atomic E-state index is 0.0298. The van der Waals surface area contributed by atoms with Gasteiger partial charge in [0.15, 0.2) is 11.6 Å². The maximum atomic E-state index is 13.7. The molecule has 5 aromatic rings. The van der Waals surface area contributed by atoms with Crippen molar-refractivity contribution < 1.29 is 27.2 Å². The number of primary amides is 1. The largest absolute Gasteiger partial charge is 0.421 e. The molecule has 0 aliphatic carbocycles. The number of pyridine rings is 1. The summed E-state index contributed by atoms with van der Waals surface area (Å²) in [6.45, 7) is 5.58. The van der Waals surface area contributed by atoms with Gasteiger partial charge in [0.05, 0.1) is 27.4 Å². The van der Waals surface area contributed by atoms with Crippen molar-refractivity contribution >= 4 is 23.2 Å². The van der Waals surface area contributed by atoms with Crippen LogP contribution in [0, 0.1) is 30.3 Å². The number of benzene rings is 2. The Morgan fingerprint density at radius 3 is 2.30 bits per heavy atom. The van der Waals surface area contributed by atoms with Crippen LogP contribution < -0.4 is 11.1 Å². The van der Waals surface area contributed by atoms with E-state index in [1.54, 1.807) is 31.2 Å². The fraction of sp³-hybridized carbons (Fsp3) is 0.219. The first-order valence-corrected chi connectivity index (χ1v) is 14.5. The highest BCUT2D eigenvalue weighted by atomic mass is 32.1. The Morgan fingerprint density at radius 2 is 1.66 bits per heavy atom. The van der Waals surface area contributed by atoms with E-state index in [9.17, 15) is 22.8 Å².